The third kappa shape index (κ3) is 6.18. The third-order valence-corrected chi connectivity index (χ3v) is 7.53. The summed E-state index contributed by atoms with van der Waals surface area (Å²) in [4.78, 5) is 52.2. The summed E-state index contributed by atoms with van der Waals surface area (Å²) in [6.07, 6.45) is 3.62. The van der Waals surface area contributed by atoms with Gasteiger partial charge >= 0.3 is 0 Å². The number of carbonyl (C=O) groups excluding carboxylic acids is 4. The van der Waals surface area contributed by atoms with Crippen molar-refractivity contribution in [3.8, 4) is 5.75 Å². The lowest BCUT2D eigenvalue weighted by molar-refractivity contribution is 0.0655. The maximum atomic E-state index is 13.0. The normalized spacial score (nSPS) is 12.5. The average molecular weight is 609 g/mol. The summed E-state index contributed by atoms with van der Waals surface area (Å²) >= 11 is 3.51. The van der Waals surface area contributed by atoms with Gasteiger partial charge in [0, 0.05) is 27.8 Å². The highest BCUT2D eigenvalue weighted by Gasteiger charge is 2.34. The highest BCUT2D eigenvalue weighted by molar-refractivity contribution is 9.10. The summed E-state index contributed by atoms with van der Waals surface area (Å²) in [7, 11) is 1.60. The first-order chi connectivity index (χ1) is 19.8. The van der Waals surface area contributed by atoms with Gasteiger partial charge in [0.2, 0.25) is 0 Å². The number of methoxy groups -OCH3 is 1. The van der Waals surface area contributed by atoms with E-state index in [1.54, 1.807) is 79.9 Å². The molecule has 0 spiro atoms. The lowest BCUT2D eigenvalue weighted by atomic mass is 10.1. The van der Waals surface area contributed by atoms with Crippen molar-refractivity contribution in [3.63, 3.8) is 0 Å². The van der Waals surface area contributed by atoms with Crippen LogP contribution in [0.2, 0.25) is 0 Å². The summed E-state index contributed by atoms with van der Waals surface area (Å²) in [6, 6.07) is 26.0. The zero-order valence-electron chi connectivity index (χ0n) is 22.1. The van der Waals surface area contributed by atoms with Gasteiger partial charge in [0.15, 0.2) is 5.78 Å². The Labute approximate surface area is 245 Å². The largest absolute Gasteiger partial charge is 0.497 e. The van der Waals surface area contributed by atoms with Gasteiger partial charge < -0.3 is 10.1 Å². The number of anilines is 1. The van der Waals surface area contributed by atoms with E-state index in [-0.39, 0.29) is 30.0 Å². The van der Waals surface area contributed by atoms with Crippen molar-refractivity contribution in [2.45, 2.75) is 6.42 Å². The molecule has 3 amide bonds. The van der Waals surface area contributed by atoms with Crippen molar-refractivity contribution in [1.82, 2.24) is 4.90 Å². The number of nitrogens with one attached hydrogen (secondary N) is 1. The number of fused-ring (bicyclic) bond motifs is 1. The Bertz CT molecular complexity index is 1640. The molecule has 7 nitrogen and oxygen atoms in total. The minimum absolute atomic E-state index is 0.158. The molecule has 0 saturated carbocycles. The van der Waals surface area contributed by atoms with E-state index < -0.39 is 0 Å². The molecule has 1 N–H and O–H groups in total. The summed E-state index contributed by atoms with van der Waals surface area (Å²) in [5.74, 6) is -0.360. The number of imide groups is 1. The van der Waals surface area contributed by atoms with Crippen LogP contribution in [0.1, 0.15) is 52.6 Å². The zero-order chi connectivity index (χ0) is 28.9. The highest BCUT2D eigenvalue weighted by atomic mass is 79.9. The number of ketones is 1. The van der Waals surface area contributed by atoms with E-state index in [0.717, 1.165) is 21.3 Å². The predicted molar refractivity (Wildman–Crippen MR) is 160 cm³/mol. The quantitative estimate of drug-likeness (QED) is 0.134. The number of benzene rings is 4. The van der Waals surface area contributed by atoms with Crippen LogP contribution in [0.15, 0.2) is 102 Å². The van der Waals surface area contributed by atoms with Crippen LogP contribution in [-0.2, 0) is 6.42 Å². The van der Waals surface area contributed by atoms with Gasteiger partial charge in [-0.2, -0.15) is 0 Å². The van der Waals surface area contributed by atoms with Gasteiger partial charge in [-0.3, -0.25) is 24.1 Å². The van der Waals surface area contributed by atoms with Crippen LogP contribution in [0, 0.1) is 0 Å². The molecule has 0 bridgehead atoms. The Hall–Kier alpha value is -4.82. The Morgan fingerprint density at radius 2 is 1.49 bits per heavy atom. The fraction of sp³-hybridized carbons (Fsp3) is 0.0909. The predicted octanol–water partition coefficient (Wildman–Crippen LogP) is 6.44. The summed E-state index contributed by atoms with van der Waals surface area (Å²) in [6.45, 7) is 0.193. The van der Waals surface area contributed by atoms with Crippen LogP contribution in [0.25, 0.3) is 6.08 Å². The first kappa shape index (κ1) is 27.7. The minimum atomic E-state index is -0.321. The summed E-state index contributed by atoms with van der Waals surface area (Å²) in [5, 5.41) is 2.85. The van der Waals surface area contributed by atoms with Gasteiger partial charge in [-0.05, 0) is 90.4 Å². The number of halogens is 1. The second kappa shape index (κ2) is 12.1. The van der Waals surface area contributed by atoms with E-state index in [1.807, 2.05) is 24.3 Å². The maximum Gasteiger partial charge on any atom is 0.261 e. The van der Waals surface area contributed by atoms with E-state index in [0.29, 0.717) is 34.4 Å². The van der Waals surface area contributed by atoms with Crippen LogP contribution in [-0.4, -0.2) is 42.1 Å². The third-order valence-electron chi connectivity index (χ3n) is 6.76. The molecule has 4 aromatic rings. The minimum Gasteiger partial charge on any atom is -0.497 e. The number of allylic oxidation sites excluding steroid dienone is 1. The molecule has 0 aliphatic carbocycles. The lowest BCUT2D eigenvalue weighted by Gasteiger charge is -2.15. The average Bonchev–Trinajstić information content (AvgIpc) is 3.24. The van der Waals surface area contributed by atoms with Gasteiger partial charge in [0.25, 0.3) is 17.7 Å². The topological polar surface area (TPSA) is 92.8 Å². The second-order valence-electron chi connectivity index (χ2n) is 9.37. The van der Waals surface area contributed by atoms with Crippen LogP contribution in [0.4, 0.5) is 5.69 Å². The van der Waals surface area contributed by atoms with Crippen molar-refractivity contribution >= 4 is 51.2 Å². The number of rotatable bonds is 9. The molecule has 5 rings (SSSR count). The Morgan fingerprint density at radius 3 is 2.12 bits per heavy atom. The number of hydrogen-bond acceptors (Lipinski definition) is 5. The molecule has 0 radical (unpaired) electrons. The van der Waals surface area contributed by atoms with Crippen LogP contribution < -0.4 is 10.1 Å². The number of carbonyl (C=O) groups is 4. The molecule has 8 heteroatoms. The molecular weight excluding hydrogens is 584 g/mol. The Balaban J connectivity index is 1.20. The maximum absolute atomic E-state index is 13.0. The second-order valence-corrected chi connectivity index (χ2v) is 10.2. The summed E-state index contributed by atoms with van der Waals surface area (Å²) in [5.41, 5.74) is 3.94. The van der Waals surface area contributed by atoms with E-state index in [2.05, 4.69) is 21.2 Å². The molecule has 0 fully saturated rings. The molecule has 0 saturated heterocycles. The number of nitrogens with zero attached hydrogens (tertiary/aromatic N) is 1. The van der Waals surface area contributed by atoms with E-state index >= 15 is 0 Å². The van der Waals surface area contributed by atoms with E-state index in [1.165, 1.54) is 11.0 Å². The van der Waals surface area contributed by atoms with Crippen molar-refractivity contribution in [1.29, 1.82) is 0 Å². The molecule has 204 valence electrons. The van der Waals surface area contributed by atoms with Crippen LogP contribution in [0.5, 0.6) is 5.75 Å². The highest BCUT2D eigenvalue weighted by Crippen LogP contribution is 2.25. The first-order valence-electron chi connectivity index (χ1n) is 12.9. The zero-order valence-corrected chi connectivity index (χ0v) is 23.7. The van der Waals surface area contributed by atoms with E-state index in [9.17, 15) is 19.2 Å². The van der Waals surface area contributed by atoms with Crippen molar-refractivity contribution in [3.05, 3.63) is 135 Å². The molecule has 1 heterocycles. The van der Waals surface area contributed by atoms with Gasteiger partial charge in [0.05, 0.1) is 18.2 Å². The van der Waals surface area contributed by atoms with Gasteiger partial charge in [-0.25, -0.2) is 0 Å². The number of amides is 3. The summed E-state index contributed by atoms with van der Waals surface area (Å²) < 4.78 is 5.92. The van der Waals surface area contributed by atoms with Crippen molar-refractivity contribution < 1.29 is 23.9 Å². The number of ether oxygens (including phenoxy) is 1. The standard InChI is InChI=1S/C33H25BrN2O5/c1-41-26-14-6-21(7-15-26)8-17-30(37)22-9-12-25(13-10-22)35-31(38)24-11-16-29(34)23(20-24)18-19-36-32(39)27-4-2-3-5-28(27)33(36)40/h2-17,20H,18-19H2,1H3,(H,35,38)/b17-8+. The Morgan fingerprint density at radius 1 is 0.854 bits per heavy atom. The molecule has 4 aromatic carbocycles. The SMILES string of the molecule is COc1ccc(/C=C/C(=O)c2ccc(NC(=O)c3ccc(Br)c(CCN4C(=O)c5ccccc5C4=O)c3)cc2)cc1. The smallest absolute Gasteiger partial charge is 0.261 e. The molecule has 1 aliphatic rings. The fourth-order valence-corrected chi connectivity index (χ4v) is 4.93. The molecule has 0 unspecified atom stereocenters. The number of hydrogen-bond donors (Lipinski definition) is 1. The van der Waals surface area contributed by atoms with Gasteiger partial charge in [0.1, 0.15) is 5.75 Å². The van der Waals surface area contributed by atoms with Crippen molar-refractivity contribution in [2.24, 2.45) is 0 Å². The molecule has 0 aromatic heterocycles. The fourth-order valence-electron chi connectivity index (χ4n) is 4.49. The molecule has 0 atom stereocenters. The van der Waals surface area contributed by atoms with Crippen molar-refractivity contribution in [2.75, 3.05) is 19.0 Å². The van der Waals surface area contributed by atoms with Crippen LogP contribution >= 0.6 is 15.9 Å². The van der Waals surface area contributed by atoms with Gasteiger partial charge in [-0.1, -0.05) is 46.3 Å². The molecule has 41 heavy (non-hydrogen) atoms. The Kier molecular flexibility index (Phi) is 8.21. The molecular formula is C33H25BrN2O5. The first-order valence-corrected chi connectivity index (χ1v) is 13.6. The lowest BCUT2D eigenvalue weighted by Crippen LogP contribution is -2.31. The molecule has 1 aliphatic heterocycles. The monoisotopic (exact) mass is 608 g/mol. The van der Waals surface area contributed by atoms with Crippen LogP contribution in [0.3, 0.4) is 0 Å². The van der Waals surface area contributed by atoms with E-state index in [4.69, 9.17) is 4.74 Å². The van der Waals surface area contributed by atoms with Gasteiger partial charge in [-0.15, -0.1) is 0 Å².